The monoisotopic (exact) mass is 319 g/mol. The van der Waals surface area contributed by atoms with Crippen LogP contribution in [0.15, 0.2) is 18.2 Å². The fraction of sp³-hybridized carbons (Fsp3) is 0.529. The highest BCUT2D eigenvalue weighted by Gasteiger charge is 2.26. The van der Waals surface area contributed by atoms with Gasteiger partial charge >= 0.3 is 0 Å². The van der Waals surface area contributed by atoms with Crippen LogP contribution in [0.1, 0.15) is 19.4 Å². The third kappa shape index (κ3) is 4.45. The van der Waals surface area contributed by atoms with Crippen molar-refractivity contribution in [3.63, 3.8) is 0 Å². The molecule has 1 aliphatic heterocycles. The number of carbonyl (C=O) groups is 2. The maximum absolute atomic E-state index is 12.4. The van der Waals surface area contributed by atoms with Gasteiger partial charge in [0.25, 0.3) is 0 Å². The summed E-state index contributed by atoms with van der Waals surface area (Å²) in [4.78, 5) is 25.4. The van der Waals surface area contributed by atoms with Gasteiger partial charge in [-0.2, -0.15) is 0 Å². The number of benzene rings is 1. The second-order valence-electron chi connectivity index (χ2n) is 6.15. The lowest BCUT2D eigenvalue weighted by Gasteiger charge is -2.27. The highest BCUT2D eigenvalue weighted by Crippen LogP contribution is 2.28. The first-order valence-electron chi connectivity index (χ1n) is 7.86. The largest absolute Gasteiger partial charge is 0.488 e. The number of nitrogens with zero attached hydrogens (tertiary/aromatic N) is 1. The first-order valence-corrected chi connectivity index (χ1v) is 7.86. The molecule has 2 N–H and O–H groups in total. The van der Waals surface area contributed by atoms with Crippen molar-refractivity contribution in [3.8, 4) is 5.75 Å². The van der Waals surface area contributed by atoms with Gasteiger partial charge in [-0.15, -0.1) is 0 Å². The Morgan fingerprint density at radius 1 is 1.43 bits per heavy atom. The molecule has 0 unspecified atom stereocenters. The smallest absolute Gasteiger partial charge is 0.226 e. The first-order chi connectivity index (χ1) is 10.9. The summed E-state index contributed by atoms with van der Waals surface area (Å²) < 4.78 is 6.17. The summed E-state index contributed by atoms with van der Waals surface area (Å²) >= 11 is 0. The van der Waals surface area contributed by atoms with Crippen molar-refractivity contribution in [2.24, 2.45) is 5.92 Å². The standard InChI is InChI=1S/C17H25N3O3/c1-11-10-20(4)17(22)8-13-7-14(19-12(2)21)5-6-15(13)23-16(11)9-18-3/h5-7,11,16,18H,8-10H2,1-4H3,(H,19,21)/t11-,16-/m0/s1. The van der Waals surface area contributed by atoms with Crippen molar-refractivity contribution in [2.45, 2.75) is 26.4 Å². The number of carbonyl (C=O) groups excluding carboxylic acids is 2. The fourth-order valence-electron chi connectivity index (χ4n) is 2.79. The number of ether oxygens (including phenoxy) is 1. The van der Waals surface area contributed by atoms with Gasteiger partial charge < -0.3 is 20.3 Å². The molecule has 0 aromatic heterocycles. The van der Waals surface area contributed by atoms with Crippen molar-refractivity contribution in [1.82, 2.24) is 10.2 Å². The quantitative estimate of drug-likeness (QED) is 0.880. The second-order valence-corrected chi connectivity index (χ2v) is 6.15. The van der Waals surface area contributed by atoms with Gasteiger partial charge in [0.2, 0.25) is 11.8 Å². The lowest BCUT2D eigenvalue weighted by molar-refractivity contribution is -0.129. The Labute approximate surface area is 137 Å². The summed E-state index contributed by atoms with van der Waals surface area (Å²) in [5.74, 6) is 0.818. The van der Waals surface area contributed by atoms with E-state index in [1.807, 2.05) is 26.2 Å². The minimum Gasteiger partial charge on any atom is -0.488 e. The Hall–Kier alpha value is -2.08. The summed E-state index contributed by atoms with van der Waals surface area (Å²) in [5.41, 5.74) is 1.47. The number of hydrogen-bond acceptors (Lipinski definition) is 4. The van der Waals surface area contributed by atoms with E-state index in [0.29, 0.717) is 24.5 Å². The molecule has 0 aliphatic carbocycles. The maximum Gasteiger partial charge on any atom is 0.226 e. The van der Waals surface area contributed by atoms with E-state index in [0.717, 1.165) is 5.56 Å². The van der Waals surface area contributed by atoms with Crippen LogP contribution in [0.2, 0.25) is 0 Å². The predicted molar refractivity (Wildman–Crippen MR) is 89.6 cm³/mol. The molecular formula is C17H25N3O3. The lowest BCUT2D eigenvalue weighted by Crippen LogP contribution is -2.41. The van der Waals surface area contributed by atoms with Gasteiger partial charge in [-0.3, -0.25) is 9.59 Å². The molecule has 126 valence electrons. The average Bonchev–Trinajstić information content (AvgIpc) is 2.51. The van der Waals surface area contributed by atoms with Crippen molar-refractivity contribution >= 4 is 17.5 Å². The van der Waals surface area contributed by atoms with Crippen molar-refractivity contribution < 1.29 is 14.3 Å². The Bertz CT molecular complexity index is 588. The molecule has 2 rings (SSSR count). The minimum atomic E-state index is -0.140. The molecule has 0 fully saturated rings. The number of nitrogens with one attached hydrogen (secondary N) is 2. The average molecular weight is 319 g/mol. The van der Waals surface area contributed by atoms with Crippen LogP contribution >= 0.6 is 0 Å². The molecule has 6 heteroatoms. The second kappa shape index (κ2) is 7.46. The number of likely N-dealkylation sites (N-methyl/N-ethyl adjacent to an activating group) is 2. The number of amides is 2. The molecule has 0 radical (unpaired) electrons. The first kappa shape index (κ1) is 17.3. The Morgan fingerprint density at radius 2 is 2.17 bits per heavy atom. The Balaban J connectivity index is 2.37. The summed E-state index contributed by atoms with van der Waals surface area (Å²) in [6.07, 6.45) is 0.233. The van der Waals surface area contributed by atoms with Gasteiger partial charge in [0.15, 0.2) is 0 Å². The van der Waals surface area contributed by atoms with Gasteiger partial charge in [0.05, 0.1) is 6.42 Å². The van der Waals surface area contributed by atoms with Crippen molar-refractivity contribution in [3.05, 3.63) is 23.8 Å². The number of hydrogen-bond donors (Lipinski definition) is 2. The van der Waals surface area contributed by atoms with E-state index in [9.17, 15) is 9.59 Å². The van der Waals surface area contributed by atoms with Gasteiger partial charge in [0, 0.05) is 44.2 Å². The van der Waals surface area contributed by atoms with Crippen molar-refractivity contribution in [1.29, 1.82) is 0 Å². The maximum atomic E-state index is 12.4. The molecule has 2 atom stereocenters. The van der Waals surface area contributed by atoms with Gasteiger partial charge in [-0.1, -0.05) is 6.92 Å². The summed E-state index contributed by atoms with van der Waals surface area (Å²) in [7, 11) is 3.70. The lowest BCUT2D eigenvalue weighted by atomic mass is 10.0. The minimum absolute atomic E-state index is 0.0290. The van der Waals surface area contributed by atoms with E-state index in [-0.39, 0.29) is 30.3 Å². The molecule has 2 amide bonds. The van der Waals surface area contributed by atoms with Crippen molar-refractivity contribution in [2.75, 3.05) is 32.5 Å². The molecule has 1 aliphatic rings. The zero-order valence-electron chi connectivity index (χ0n) is 14.2. The Kier molecular flexibility index (Phi) is 5.60. The molecule has 23 heavy (non-hydrogen) atoms. The van der Waals surface area contributed by atoms with Crippen LogP contribution in [-0.4, -0.2) is 50.0 Å². The molecule has 0 spiro atoms. The molecule has 0 saturated carbocycles. The number of anilines is 1. The van der Waals surface area contributed by atoms with Crippen LogP contribution in [0.4, 0.5) is 5.69 Å². The zero-order chi connectivity index (χ0) is 17.0. The predicted octanol–water partition coefficient (Wildman–Crippen LogP) is 1.26. The topological polar surface area (TPSA) is 70.7 Å². The third-order valence-electron chi connectivity index (χ3n) is 4.03. The van der Waals surface area contributed by atoms with Crippen LogP contribution in [0, 0.1) is 5.92 Å². The highest BCUT2D eigenvalue weighted by molar-refractivity contribution is 5.89. The molecule has 1 heterocycles. The SMILES string of the molecule is CNC[C@@H]1Oc2ccc(NC(C)=O)cc2CC(=O)N(C)C[C@@H]1C. The number of fused-ring (bicyclic) bond motifs is 1. The highest BCUT2D eigenvalue weighted by atomic mass is 16.5. The zero-order valence-corrected chi connectivity index (χ0v) is 14.2. The van der Waals surface area contributed by atoms with E-state index in [4.69, 9.17) is 4.74 Å². The molecule has 1 aromatic carbocycles. The van der Waals surface area contributed by atoms with E-state index < -0.39 is 0 Å². The fourth-order valence-corrected chi connectivity index (χ4v) is 2.79. The van der Waals surface area contributed by atoms with Gasteiger partial charge in [0.1, 0.15) is 11.9 Å². The van der Waals surface area contributed by atoms with Crippen LogP contribution in [0.25, 0.3) is 0 Å². The number of rotatable bonds is 3. The van der Waals surface area contributed by atoms with Crippen LogP contribution in [0.3, 0.4) is 0 Å². The van der Waals surface area contributed by atoms with Crippen LogP contribution in [-0.2, 0) is 16.0 Å². The molecule has 1 aromatic rings. The van der Waals surface area contributed by atoms with Crippen LogP contribution < -0.4 is 15.4 Å². The normalized spacial score (nSPS) is 21.6. The van der Waals surface area contributed by atoms with Gasteiger partial charge in [-0.25, -0.2) is 0 Å². The third-order valence-corrected chi connectivity index (χ3v) is 4.03. The molecule has 0 bridgehead atoms. The van der Waals surface area contributed by atoms with E-state index in [1.165, 1.54) is 6.92 Å². The van der Waals surface area contributed by atoms with E-state index >= 15 is 0 Å². The Morgan fingerprint density at radius 3 is 2.83 bits per heavy atom. The molecule has 6 nitrogen and oxygen atoms in total. The van der Waals surface area contributed by atoms with Gasteiger partial charge in [-0.05, 0) is 25.2 Å². The van der Waals surface area contributed by atoms with E-state index in [1.54, 1.807) is 11.0 Å². The van der Waals surface area contributed by atoms with Crippen LogP contribution in [0.5, 0.6) is 5.75 Å². The molecule has 0 saturated heterocycles. The van der Waals surface area contributed by atoms with E-state index in [2.05, 4.69) is 17.6 Å². The summed E-state index contributed by atoms with van der Waals surface area (Å²) in [6.45, 7) is 4.90. The summed E-state index contributed by atoms with van der Waals surface area (Å²) in [6, 6.07) is 5.44. The molecular weight excluding hydrogens is 294 g/mol. The summed E-state index contributed by atoms with van der Waals surface area (Å²) in [5, 5.41) is 5.89.